The first-order valence-corrected chi connectivity index (χ1v) is 8.40. The molecule has 3 aromatic carbocycles. The molecule has 3 rings (SSSR count). The van der Waals surface area contributed by atoms with Gasteiger partial charge in [0.15, 0.2) is 5.11 Å². The van der Waals surface area contributed by atoms with Crippen LogP contribution in [0, 0.1) is 0 Å². The van der Waals surface area contributed by atoms with Gasteiger partial charge in [-0.3, -0.25) is 0 Å². The Morgan fingerprint density at radius 1 is 0.696 bits per heavy atom. The van der Waals surface area contributed by atoms with Crippen molar-refractivity contribution in [3.8, 4) is 11.1 Å². The minimum absolute atomic E-state index is 0.565. The van der Waals surface area contributed by atoms with Crippen LogP contribution in [0.2, 0.25) is 0 Å². The standard InChI is InChI=1S/C19H15BrN2S/c20-16-7-4-8-18(13-16)22-19(23)21-17-11-9-15(10-12-17)14-5-2-1-3-6-14/h1-13H,(H2,21,22,23). The molecular formula is C19H15BrN2S. The van der Waals surface area contributed by atoms with Crippen LogP contribution in [0.4, 0.5) is 11.4 Å². The van der Waals surface area contributed by atoms with Gasteiger partial charge in [-0.1, -0.05) is 64.5 Å². The van der Waals surface area contributed by atoms with E-state index in [-0.39, 0.29) is 0 Å². The van der Waals surface area contributed by atoms with Crippen molar-refractivity contribution < 1.29 is 0 Å². The Bertz CT molecular complexity index is 801. The van der Waals surface area contributed by atoms with E-state index in [4.69, 9.17) is 12.2 Å². The minimum Gasteiger partial charge on any atom is -0.332 e. The SMILES string of the molecule is S=C(Nc1ccc(-c2ccccc2)cc1)Nc1cccc(Br)c1. The lowest BCUT2D eigenvalue weighted by Gasteiger charge is -2.11. The van der Waals surface area contributed by atoms with Crippen LogP contribution in [0.5, 0.6) is 0 Å². The molecule has 0 radical (unpaired) electrons. The lowest BCUT2D eigenvalue weighted by molar-refractivity contribution is 1.57. The van der Waals surface area contributed by atoms with Crippen molar-refractivity contribution in [2.45, 2.75) is 0 Å². The van der Waals surface area contributed by atoms with Crippen LogP contribution in [-0.2, 0) is 0 Å². The van der Waals surface area contributed by atoms with Crippen molar-refractivity contribution >= 4 is 44.6 Å². The number of thiocarbonyl (C=S) groups is 1. The quantitative estimate of drug-likeness (QED) is 0.549. The first kappa shape index (κ1) is 15.7. The Morgan fingerprint density at radius 3 is 2.04 bits per heavy atom. The number of rotatable bonds is 3. The molecule has 3 aromatic rings. The van der Waals surface area contributed by atoms with E-state index in [0.29, 0.717) is 5.11 Å². The number of halogens is 1. The number of anilines is 2. The smallest absolute Gasteiger partial charge is 0.175 e. The fraction of sp³-hybridized carbons (Fsp3) is 0. The van der Waals surface area contributed by atoms with Gasteiger partial charge in [0.25, 0.3) is 0 Å². The highest BCUT2D eigenvalue weighted by atomic mass is 79.9. The van der Waals surface area contributed by atoms with E-state index in [9.17, 15) is 0 Å². The van der Waals surface area contributed by atoms with Crippen LogP contribution >= 0.6 is 28.1 Å². The summed E-state index contributed by atoms with van der Waals surface area (Å²) in [5, 5.41) is 6.93. The second kappa shape index (κ2) is 7.40. The van der Waals surface area contributed by atoms with E-state index in [2.05, 4.69) is 50.8 Å². The second-order valence-corrected chi connectivity index (χ2v) is 6.36. The van der Waals surface area contributed by atoms with Gasteiger partial charge in [-0.05, 0) is 53.7 Å². The molecule has 0 aliphatic carbocycles. The molecule has 0 aliphatic rings. The topological polar surface area (TPSA) is 24.1 Å². The van der Waals surface area contributed by atoms with Gasteiger partial charge in [0.2, 0.25) is 0 Å². The summed E-state index contributed by atoms with van der Waals surface area (Å²) in [6.45, 7) is 0. The molecule has 2 N–H and O–H groups in total. The first-order chi connectivity index (χ1) is 11.2. The van der Waals surface area contributed by atoms with E-state index in [1.807, 2.05) is 54.6 Å². The molecule has 0 aliphatic heterocycles. The average molecular weight is 383 g/mol. The lowest BCUT2D eigenvalue weighted by atomic mass is 10.1. The van der Waals surface area contributed by atoms with Gasteiger partial charge >= 0.3 is 0 Å². The molecule has 0 bridgehead atoms. The Balaban J connectivity index is 1.65. The van der Waals surface area contributed by atoms with Gasteiger partial charge in [0.1, 0.15) is 0 Å². The summed E-state index contributed by atoms with van der Waals surface area (Å²) >= 11 is 8.80. The number of benzene rings is 3. The molecule has 0 atom stereocenters. The molecule has 0 spiro atoms. The molecule has 0 unspecified atom stereocenters. The monoisotopic (exact) mass is 382 g/mol. The van der Waals surface area contributed by atoms with Gasteiger partial charge in [-0.25, -0.2) is 0 Å². The molecule has 0 aromatic heterocycles. The molecule has 0 saturated carbocycles. The molecule has 0 saturated heterocycles. The highest BCUT2D eigenvalue weighted by molar-refractivity contribution is 9.10. The van der Waals surface area contributed by atoms with Crippen LogP contribution < -0.4 is 10.6 Å². The van der Waals surface area contributed by atoms with Gasteiger partial charge in [0.05, 0.1) is 0 Å². The highest BCUT2D eigenvalue weighted by Gasteiger charge is 2.01. The fourth-order valence-corrected chi connectivity index (χ4v) is 2.87. The van der Waals surface area contributed by atoms with Gasteiger partial charge < -0.3 is 10.6 Å². The van der Waals surface area contributed by atoms with E-state index in [0.717, 1.165) is 15.8 Å². The normalized spacial score (nSPS) is 10.1. The van der Waals surface area contributed by atoms with Crippen LogP contribution in [0.15, 0.2) is 83.3 Å². The number of hydrogen-bond acceptors (Lipinski definition) is 1. The van der Waals surface area contributed by atoms with Crippen molar-refractivity contribution in [2.75, 3.05) is 10.6 Å². The third-order valence-electron chi connectivity index (χ3n) is 3.33. The zero-order chi connectivity index (χ0) is 16.1. The summed E-state index contributed by atoms with van der Waals surface area (Å²) in [5.41, 5.74) is 4.28. The Morgan fingerprint density at radius 2 is 1.35 bits per heavy atom. The second-order valence-electron chi connectivity index (χ2n) is 5.03. The van der Waals surface area contributed by atoms with E-state index < -0.39 is 0 Å². The molecular weight excluding hydrogens is 368 g/mol. The van der Waals surface area contributed by atoms with Crippen LogP contribution in [0.25, 0.3) is 11.1 Å². The molecule has 0 fully saturated rings. The third kappa shape index (κ3) is 4.41. The maximum absolute atomic E-state index is 5.35. The van der Waals surface area contributed by atoms with E-state index in [1.54, 1.807) is 0 Å². The Labute approximate surface area is 149 Å². The Kier molecular flexibility index (Phi) is 5.05. The number of hydrogen-bond donors (Lipinski definition) is 2. The minimum atomic E-state index is 0.565. The number of nitrogens with one attached hydrogen (secondary N) is 2. The predicted octanol–water partition coefficient (Wildman–Crippen LogP) is 5.93. The van der Waals surface area contributed by atoms with Crippen molar-refractivity contribution in [3.05, 3.63) is 83.3 Å². The molecule has 114 valence electrons. The summed E-state index contributed by atoms with van der Waals surface area (Å²) in [6, 6.07) is 26.4. The van der Waals surface area contributed by atoms with Crippen LogP contribution in [0.1, 0.15) is 0 Å². The lowest BCUT2D eigenvalue weighted by Crippen LogP contribution is -2.18. The van der Waals surface area contributed by atoms with Crippen molar-refractivity contribution in [3.63, 3.8) is 0 Å². The third-order valence-corrected chi connectivity index (χ3v) is 4.03. The summed E-state index contributed by atoms with van der Waals surface area (Å²) in [4.78, 5) is 0. The maximum Gasteiger partial charge on any atom is 0.175 e. The average Bonchev–Trinajstić information content (AvgIpc) is 2.56. The Hall–Kier alpha value is -2.17. The molecule has 23 heavy (non-hydrogen) atoms. The van der Waals surface area contributed by atoms with Crippen molar-refractivity contribution in [1.29, 1.82) is 0 Å². The molecule has 4 heteroatoms. The zero-order valence-electron chi connectivity index (χ0n) is 12.3. The largest absolute Gasteiger partial charge is 0.332 e. The fourth-order valence-electron chi connectivity index (χ4n) is 2.24. The molecule has 2 nitrogen and oxygen atoms in total. The summed E-state index contributed by atoms with van der Waals surface area (Å²) in [6.07, 6.45) is 0. The van der Waals surface area contributed by atoms with E-state index >= 15 is 0 Å². The summed E-state index contributed by atoms with van der Waals surface area (Å²) in [7, 11) is 0. The predicted molar refractivity (Wildman–Crippen MR) is 106 cm³/mol. The van der Waals surface area contributed by atoms with Crippen molar-refractivity contribution in [1.82, 2.24) is 0 Å². The summed E-state index contributed by atoms with van der Waals surface area (Å²) in [5.74, 6) is 0. The van der Waals surface area contributed by atoms with Gasteiger partial charge in [0, 0.05) is 15.8 Å². The maximum atomic E-state index is 5.35. The highest BCUT2D eigenvalue weighted by Crippen LogP contribution is 2.21. The van der Waals surface area contributed by atoms with Crippen LogP contribution in [-0.4, -0.2) is 5.11 Å². The van der Waals surface area contributed by atoms with Gasteiger partial charge in [-0.2, -0.15) is 0 Å². The molecule has 0 heterocycles. The molecule has 0 amide bonds. The van der Waals surface area contributed by atoms with Crippen molar-refractivity contribution in [2.24, 2.45) is 0 Å². The van der Waals surface area contributed by atoms with Gasteiger partial charge in [-0.15, -0.1) is 0 Å². The first-order valence-electron chi connectivity index (χ1n) is 7.20. The van der Waals surface area contributed by atoms with Crippen LogP contribution in [0.3, 0.4) is 0 Å². The van der Waals surface area contributed by atoms with E-state index in [1.165, 1.54) is 11.1 Å². The zero-order valence-corrected chi connectivity index (χ0v) is 14.7. The summed E-state index contributed by atoms with van der Waals surface area (Å²) < 4.78 is 1.01.